The summed E-state index contributed by atoms with van der Waals surface area (Å²) in [6.07, 6.45) is -5.35. The number of hydrogen-bond acceptors (Lipinski definition) is 3. The molecule has 110 valence electrons. The van der Waals surface area contributed by atoms with Gasteiger partial charge in [0.15, 0.2) is 0 Å². The van der Waals surface area contributed by atoms with E-state index in [0.29, 0.717) is 10.5 Å². The smallest absolute Gasteiger partial charge is 0.408 e. The van der Waals surface area contributed by atoms with Crippen LogP contribution in [-0.4, -0.2) is 40.1 Å². The summed E-state index contributed by atoms with van der Waals surface area (Å²) in [6, 6.07) is -1.76. The van der Waals surface area contributed by atoms with E-state index in [4.69, 9.17) is 5.11 Å². The van der Waals surface area contributed by atoms with E-state index in [2.05, 4.69) is 0 Å². The zero-order chi connectivity index (χ0) is 14.9. The molecular formula is C12H12F3NO3S. The Balaban J connectivity index is 2.21. The Morgan fingerprint density at radius 1 is 1.40 bits per heavy atom. The van der Waals surface area contributed by atoms with E-state index in [9.17, 15) is 22.8 Å². The Hall–Kier alpha value is -1.57. The van der Waals surface area contributed by atoms with Crippen molar-refractivity contribution in [3.05, 3.63) is 22.4 Å². The summed E-state index contributed by atoms with van der Waals surface area (Å²) >= 11 is 1.33. The first-order valence-electron chi connectivity index (χ1n) is 5.92. The summed E-state index contributed by atoms with van der Waals surface area (Å²) in [5.41, 5.74) is 0.594. The highest BCUT2D eigenvalue weighted by atomic mass is 32.1. The van der Waals surface area contributed by atoms with Gasteiger partial charge in [-0.3, -0.25) is 4.79 Å². The van der Waals surface area contributed by atoms with Crippen molar-refractivity contribution in [1.82, 2.24) is 4.90 Å². The molecule has 0 saturated carbocycles. The van der Waals surface area contributed by atoms with Gasteiger partial charge < -0.3 is 10.0 Å². The Morgan fingerprint density at radius 3 is 2.60 bits per heavy atom. The van der Waals surface area contributed by atoms with Crippen LogP contribution in [0.15, 0.2) is 16.8 Å². The molecule has 0 unspecified atom stereocenters. The average Bonchev–Trinajstić information content (AvgIpc) is 2.95. The fraction of sp³-hybridized carbons (Fsp3) is 0.500. The largest absolute Gasteiger partial charge is 0.480 e. The lowest BCUT2D eigenvalue weighted by Gasteiger charge is -2.29. The monoisotopic (exact) mass is 307 g/mol. The van der Waals surface area contributed by atoms with Gasteiger partial charge in [-0.2, -0.15) is 24.5 Å². The topological polar surface area (TPSA) is 57.6 Å². The summed E-state index contributed by atoms with van der Waals surface area (Å²) < 4.78 is 38.7. The van der Waals surface area contributed by atoms with E-state index in [0.717, 1.165) is 0 Å². The molecule has 1 aliphatic rings. The Kier molecular flexibility index (Phi) is 4.03. The fourth-order valence-corrected chi connectivity index (χ4v) is 3.05. The maximum absolute atomic E-state index is 12.9. The average molecular weight is 307 g/mol. The van der Waals surface area contributed by atoms with Crippen molar-refractivity contribution in [2.75, 3.05) is 0 Å². The number of rotatable bonds is 3. The van der Waals surface area contributed by atoms with Crippen LogP contribution in [0, 0.1) is 0 Å². The molecular weight excluding hydrogens is 295 g/mol. The van der Waals surface area contributed by atoms with Gasteiger partial charge in [0.2, 0.25) is 5.91 Å². The normalized spacial score (nSPS) is 23.1. The van der Waals surface area contributed by atoms with Gasteiger partial charge in [-0.15, -0.1) is 0 Å². The third-order valence-corrected chi connectivity index (χ3v) is 4.00. The second kappa shape index (κ2) is 5.43. The first kappa shape index (κ1) is 14.8. The van der Waals surface area contributed by atoms with Crippen molar-refractivity contribution >= 4 is 23.2 Å². The summed E-state index contributed by atoms with van der Waals surface area (Å²) in [4.78, 5) is 23.6. The third kappa shape index (κ3) is 2.95. The van der Waals surface area contributed by atoms with Crippen LogP contribution < -0.4 is 0 Å². The molecule has 0 radical (unpaired) electrons. The second-order valence-corrected chi connectivity index (χ2v) is 5.38. The maximum atomic E-state index is 12.9. The summed E-state index contributed by atoms with van der Waals surface area (Å²) in [7, 11) is 0. The molecule has 1 N–H and O–H groups in total. The molecule has 4 nitrogen and oxygen atoms in total. The van der Waals surface area contributed by atoms with E-state index >= 15 is 0 Å². The number of halogens is 3. The number of thiophene rings is 1. The van der Waals surface area contributed by atoms with Crippen molar-refractivity contribution in [2.24, 2.45) is 0 Å². The van der Waals surface area contributed by atoms with Crippen LogP contribution >= 0.6 is 11.3 Å². The molecule has 2 atom stereocenters. The third-order valence-electron chi connectivity index (χ3n) is 3.27. The molecule has 1 aromatic heterocycles. The van der Waals surface area contributed by atoms with Crippen LogP contribution in [0.25, 0.3) is 0 Å². The highest BCUT2D eigenvalue weighted by Gasteiger charge is 2.53. The molecule has 2 heterocycles. The number of alkyl halides is 3. The minimum absolute atomic E-state index is 0.172. The fourth-order valence-electron chi connectivity index (χ4n) is 2.38. The molecule has 1 fully saturated rings. The lowest BCUT2D eigenvalue weighted by molar-refractivity contribution is -0.188. The maximum Gasteiger partial charge on any atom is 0.408 e. The van der Waals surface area contributed by atoms with Gasteiger partial charge in [-0.05, 0) is 35.2 Å². The summed E-state index contributed by atoms with van der Waals surface area (Å²) in [5.74, 6) is -2.19. The van der Waals surface area contributed by atoms with Gasteiger partial charge in [0, 0.05) is 0 Å². The molecule has 1 amide bonds. The number of carbonyl (C=O) groups excluding carboxylic acids is 1. The molecule has 20 heavy (non-hydrogen) atoms. The lowest BCUT2D eigenvalue weighted by Crippen LogP contribution is -2.51. The van der Waals surface area contributed by atoms with E-state index in [1.54, 1.807) is 16.8 Å². The first-order chi connectivity index (χ1) is 9.30. The number of likely N-dealkylation sites (tertiary alicyclic amines) is 1. The predicted octanol–water partition coefficient (Wildman–Crippen LogP) is 2.30. The van der Waals surface area contributed by atoms with E-state index in [1.165, 1.54) is 11.3 Å². The van der Waals surface area contributed by atoms with Crippen LogP contribution in [0.3, 0.4) is 0 Å². The van der Waals surface area contributed by atoms with Crippen molar-refractivity contribution in [3.8, 4) is 0 Å². The molecule has 1 aliphatic heterocycles. The molecule has 0 bridgehead atoms. The molecule has 2 rings (SSSR count). The number of carboxylic acid groups (broad SMARTS) is 1. The molecule has 0 aromatic carbocycles. The molecule has 1 aromatic rings. The number of aliphatic carboxylic acids is 1. The number of carboxylic acids is 1. The summed E-state index contributed by atoms with van der Waals surface area (Å²) in [5, 5.41) is 12.4. The van der Waals surface area contributed by atoms with Crippen molar-refractivity contribution in [3.63, 3.8) is 0 Å². The highest BCUT2D eigenvalue weighted by molar-refractivity contribution is 7.07. The van der Waals surface area contributed by atoms with Gasteiger partial charge in [-0.1, -0.05) is 0 Å². The Labute approximate surface area is 116 Å². The second-order valence-electron chi connectivity index (χ2n) is 4.60. The van der Waals surface area contributed by atoms with Crippen LogP contribution in [0.5, 0.6) is 0 Å². The quantitative estimate of drug-likeness (QED) is 0.932. The van der Waals surface area contributed by atoms with Gasteiger partial charge in [0.25, 0.3) is 0 Å². The molecule has 0 spiro atoms. The minimum Gasteiger partial charge on any atom is -0.480 e. The van der Waals surface area contributed by atoms with Crippen LogP contribution in [0.2, 0.25) is 0 Å². The number of carbonyl (C=O) groups is 2. The van der Waals surface area contributed by atoms with Crippen LogP contribution in [0.4, 0.5) is 13.2 Å². The zero-order valence-corrected chi connectivity index (χ0v) is 11.1. The number of amides is 1. The molecule has 1 saturated heterocycles. The number of hydrogen-bond donors (Lipinski definition) is 1. The lowest BCUT2D eigenvalue weighted by atomic mass is 10.2. The highest BCUT2D eigenvalue weighted by Crippen LogP contribution is 2.36. The van der Waals surface area contributed by atoms with Gasteiger partial charge in [0.05, 0.1) is 6.42 Å². The van der Waals surface area contributed by atoms with Gasteiger partial charge >= 0.3 is 12.1 Å². The SMILES string of the molecule is O=C(O)[C@H]1CC[C@@H](C(F)(F)F)N1C(=O)Cc1ccsc1. The number of nitrogens with zero attached hydrogens (tertiary/aromatic N) is 1. The summed E-state index contributed by atoms with van der Waals surface area (Å²) in [6.45, 7) is 0. The Morgan fingerprint density at radius 2 is 2.10 bits per heavy atom. The van der Waals surface area contributed by atoms with Crippen molar-refractivity contribution < 1.29 is 27.9 Å². The van der Waals surface area contributed by atoms with E-state index in [-0.39, 0.29) is 19.3 Å². The Bertz CT molecular complexity index is 501. The van der Waals surface area contributed by atoms with E-state index < -0.39 is 30.1 Å². The molecule has 0 aliphatic carbocycles. The van der Waals surface area contributed by atoms with Gasteiger partial charge in [-0.25, -0.2) is 4.79 Å². The van der Waals surface area contributed by atoms with Crippen LogP contribution in [-0.2, 0) is 16.0 Å². The zero-order valence-electron chi connectivity index (χ0n) is 10.3. The first-order valence-corrected chi connectivity index (χ1v) is 6.86. The standard InChI is InChI=1S/C12H12F3NO3S/c13-12(14,15)9-2-1-8(11(18)19)16(9)10(17)5-7-3-4-20-6-7/h3-4,6,8-9H,1-2,5H2,(H,18,19)/t8-,9+/m1/s1. The van der Waals surface area contributed by atoms with E-state index in [1.807, 2.05) is 0 Å². The van der Waals surface area contributed by atoms with Crippen molar-refractivity contribution in [1.29, 1.82) is 0 Å². The molecule has 8 heteroatoms. The van der Waals surface area contributed by atoms with Gasteiger partial charge in [0.1, 0.15) is 12.1 Å². The van der Waals surface area contributed by atoms with Crippen molar-refractivity contribution in [2.45, 2.75) is 37.5 Å². The minimum atomic E-state index is -4.60. The van der Waals surface area contributed by atoms with Crippen LogP contribution in [0.1, 0.15) is 18.4 Å². The predicted molar refractivity (Wildman–Crippen MR) is 65.4 cm³/mol.